The standard InChI is InChI=1S/C19H17N3O3S/c1-24-16-10-14(8-9-15(16)17-11-20-12-25-17)21-19(26-2)22-18(23)13-6-4-3-5-7-13/h3-12H,1-2H3,(H,21,22,23). The Morgan fingerprint density at radius 3 is 2.69 bits per heavy atom. The third-order valence-electron chi connectivity index (χ3n) is 3.56. The second-order valence-electron chi connectivity index (χ2n) is 5.19. The van der Waals surface area contributed by atoms with Gasteiger partial charge in [-0.2, -0.15) is 0 Å². The fourth-order valence-electron chi connectivity index (χ4n) is 2.30. The molecule has 1 amide bonds. The van der Waals surface area contributed by atoms with Gasteiger partial charge in [-0.05, 0) is 30.5 Å². The van der Waals surface area contributed by atoms with Gasteiger partial charge in [0, 0.05) is 11.6 Å². The molecule has 0 aliphatic heterocycles. The van der Waals surface area contributed by atoms with Crippen LogP contribution in [0.25, 0.3) is 11.3 Å². The number of carbonyl (C=O) groups excluding carboxylic acids is 1. The average Bonchev–Trinajstić information content (AvgIpc) is 3.22. The lowest BCUT2D eigenvalue weighted by Crippen LogP contribution is -2.27. The largest absolute Gasteiger partial charge is 0.496 e. The molecule has 3 aromatic rings. The third kappa shape index (κ3) is 4.12. The number of aromatic nitrogens is 1. The van der Waals surface area contributed by atoms with Crippen molar-refractivity contribution < 1.29 is 13.9 Å². The Balaban J connectivity index is 1.84. The topological polar surface area (TPSA) is 76.7 Å². The molecule has 0 bridgehead atoms. The van der Waals surface area contributed by atoms with Crippen LogP contribution in [-0.4, -0.2) is 29.4 Å². The van der Waals surface area contributed by atoms with Crippen molar-refractivity contribution in [3.05, 3.63) is 66.7 Å². The summed E-state index contributed by atoms with van der Waals surface area (Å²) in [6.07, 6.45) is 4.84. The van der Waals surface area contributed by atoms with E-state index in [0.717, 1.165) is 5.56 Å². The molecule has 2 aromatic carbocycles. The Hall–Kier alpha value is -3.06. The van der Waals surface area contributed by atoms with Gasteiger partial charge in [-0.1, -0.05) is 30.0 Å². The number of benzene rings is 2. The number of aliphatic imine (C=N–C) groups is 1. The van der Waals surface area contributed by atoms with Crippen LogP contribution < -0.4 is 10.1 Å². The highest BCUT2D eigenvalue weighted by molar-refractivity contribution is 8.13. The van der Waals surface area contributed by atoms with Crippen molar-refractivity contribution in [2.45, 2.75) is 0 Å². The van der Waals surface area contributed by atoms with E-state index >= 15 is 0 Å². The van der Waals surface area contributed by atoms with Crippen molar-refractivity contribution in [3.63, 3.8) is 0 Å². The zero-order chi connectivity index (χ0) is 18.4. The lowest BCUT2D eigenvalue weighted by Gasteiger charge is -2.09. The van der Waals surface area contributed by atoms with E-state index < -0.39 is 0 Å². The highest BCUT2D eigenvalue weighted by atomic mass is 32.2. The van der Waals surface area contributed by atoms with Crippen LogP contribution in [0.3, 0.4) is 0 Å². The highest BCUT2D eigenvalue weighted by Crippen LogP contribution is 2.33. The minimum absolute atomic E-state index is 0.205. The van der Waals surface area contributed by atoms with Crippen LogP contribution in [0, 0.1) is 0 Å². The minimum atomic E-state index is -0.205. The summed E-state index contributed by atoms with van der Waals surface area (Å²) < 4.78 is 10.7. The van der Waals surface area contributed by atoms with Crippen molar-refractivity contribution in [3.8, 4) is 17.1 Å². The zero-order valence-electron chi connectivity index (χ0n) is 14.3. The molecule has 26 heavy (non-hydrogen) atoms. The Morgan fingerprint density at radius 2 is 2.04 bits per heavy atom. The van der Waals surface area contributed by atoms with Crippen molar-refractivity contribution >= 4 is 28.5 Å². The van der Waals surface area contributed by atoms with Gasteiger partial charge >= 0.3 is 0 Å². The van der Waals surface area contributed by atoms with Gasteiger partial charge in [0.05, 0.1) is 24.6 Å². The maximum Gasteiger partial charge on any atom is 0.257 e. The van der Waals surface area contributed by atoms with E-state index in [1.165, 1.54) is 18.2 Å². The molecular formula is C19H17N3O3S. The molecule has 3 rings (SSSR count). The molecule has 0 radical (unpaired) electrons. The fourth-order valence-corrected chi connectivity index (χ4v) is 2.69. The van der Waals surface area contributed by atoms with Crippen LogP contribution in [-0.2, 0) is 0 Å². The number of hydrogen-bond donors (Lipinski definition) is 1. The van der Waals surface area contributed by atoms with E-state index in [2.05, 4.69) is 15.3 Å². The summed E-state index contributed by atoms with van der Waals surface area (Å²) in [6, 6.07) is 14.5. The maximum absolute atomic E-state index is 12.3. The van der Waals surface area contributed by atoms with Crippen LogP contribution in [0.4, 0.5) is 5.69 Å². The molecule has 0 aliphatic rings. The first-order valence-electron chi connectivity index (χ1n) is 7.77. The molecule has 132 valence electrons. The van der Waals surface area contributed by atoms with Crippen LogP contribution in [0.15, 0.2) is 70.5 Å². The first-order chi connectivity index (χ1) is 12.7. The predicted molar refractivity (Wildman–Crippen MR) is 103 cm³/mol. The normalized spacial score (nSPS) is 11.2. The number of ether oxygens (including phenoxy) is 1. The van der Waals surface area contributed by atoms with Gasteiger partial charge in [0.2, 0.25) is 0 Å². The molecular weight excluding hydrogens is 350 g/mol. The molecule has 0 saturated carbocycles. The van der Waals surface area contributed by atoms with Gasteiger partial charge in [0.15, 0.2) is 17.3 Å². The fraction of sp³-hybridized carbons (Fsp3) is 0.105. The number of thioether (sulfide) groups is 1. The number of oxazole rings is 1. The maximum atomic E-state index is 12.3. The first-order valence-corrected chi connectivity index (χ1v) is 8.99. The molecule has 0 spiro atoms. The smallest absolute Gasteiger partial charge is 0.257 e. The molecule has 0 saturated heterocycles. The van der Waals surface area contributed by atoms with Gasteiger partial charge in [-0.25, -0.2) is 9.98 Å². The summed E-state index contributed by atoms with van der Waals surface area (Å²) in [5.41, 5.74) is 2.01. The number of amidine groups is 1. The Bertz CT molecular complexity index is 909. The summed E-state index contributed by atoms with van der Waals surface area (Å²) >= 11 is 1.35. The quantitative estimate of drug-likeness (QED) is 0.554. The number of nitrogens with one attached hydrogen (secondary N) is 1. The summed E-state index contributed by atoms with van der Waals surface area (Å²) in [4.78, 5) is 20.7. The molecule has 0 fully saturated rings. The Morgan fingerprint density at radius 1 is 1.23 bits per heavy atom. The van der Waals surface area contributed by atoms with E-state index in [9.17, 15) is 4.79 Å². The van der Waals surface area contributed by atoms with Crippen molar-refractivity contribution in [1.82, 2.24) is 10.3 Å². The van der Waals surface area contributed by atoms with Gasteiger partial charge in [0.25, 0.3) is 5.91 Å². The van der Waals surface area contributed by atoms with E-state index in [1.807, 2.05) is 36.6 Å². The average molecular weight is 367 g/mol. The van der Waals surface area contributed by atoms with Crippen molar-refractivity contribution in [2.75, 3.05) is 13.4 Å². The molecule has 0 aliphatic carbocycles. The van der Waals surface area contributed by atoms with Gasteiger partial charge < -0.3 is 14.5 Å². The summed E-state index contributed by atoms with van der Waals surface area (Å²) in [7, 11) is 1.58. The second-order valence-corrected chi connectivity index (χ2v) is 5.99. The van der Waals surface area contributed by atoms with Gasteiger partial charge in [0.1, 0.15) is 5.75 Å². The minimum Gasteiger partial charge on any atom is -0.496 e. The number of nitrogens with zero attached hydrogens (tertiary/aromatic N) is 2. The lowest BCUT2D eigenvalue weighted by molar-refractivity contribution is 0.0978. The molecule has 0 unspecified atom stereocenters. The lowest BCUT2D eigenvalue weighted by atomic mass is 10.1. The number of amides is 1. The number of hydrogen-bond acceptors (Lipinski definition) is 6. The molecule has 7 heteroatoms. The summed E-state index contributed by atoms with van der Waals surface area (Å²) in [6.45, 7) is 0. The summed E-state index contributed by atoms with van der Waals surface area (Å²) in [5, 5.41) is 3.31. The highest BCUT2D eigenvalue weighted by Gasteiger charge is 2.11. The predicted octanol–water partition coefficient (Wildman–Crippen LogP) is 4.13. The van der Waals surface area contributed by atoms with Crippen LogP contribution in [0.5, 0.6) is 5.75 Å². The SMILES string of the molecule is COc1cc(N=C(NC(=O)c2ccccc2)SC)ccc1-c1cnco1. The zero-order valence-corrected chi connectivity index (χ0v) is 15.1. The summed E-state index contributed by atoms with van der Waals surface area (Å²) in [5.74, 6) is 1.02. The second kappa shape index (κ2) is 8.35. The van der Waals surface area contributed by atoms with E-state index in [-0.39, 0.29) is 5.91 Å². The number of methoxy groups -OCH3 is 1. The monoisotopic (exact) mass is 367 g/mol. The molecule has 1 aromatic heterocycles. The molecule has 0 atom stereocenters. The number of carbonyl (C=O) groups is 1. The molecule has 1 heterocycles. The van der Waals surface area contributed by atoms with Crippen LogP contribution in [0.1, 0.15) is 10.4 Å². The molecule has 6 nitrogen and oxygen atoms in total. The van der Waals surface area contributed by atoms with E-state index in [1.54, 1.807) is 31.5 Å². The molecule has 1 N–H and O–H groups in total. The van der Waals surface area contributed by atoms with Crippen LogP contribution in [0.2, 0.25) is 0 Å². The van der Waals surface area contributed by atoms with E-state index in [0.29, 0.717) is 27.9 Å². The van der Waals surface area contributed by atoms with E-state index in [4.69, 9.17) is 9.15 Å². The van der Waals surface area contributed by atoms with Crippen molar-refractivity contribution in [2.24, 2.45) is 4.99 Å². The number of rotatable bonds is 4. The Labute approximate surface area is 155 Å². The van der Waals surface area contributed by atoms with Crippen LogP contribution >= 0.6 is 11.8 Å². The Kier molecular flexibility index (Phi) is 5.70. The first kappa shape index (κ1) is 17.8. The third-order valence-corrected chi connectivity index (χ3v) is 4.14. The van der Waals surface area contributed by atoms with Gasteiger partial charge in [-0.15, -0.1) is 0 Å². The van der Waals surface area contributed by atoms with Gasteiger partial charge in [-0.3, -0.25) is 4.79 Å². The van der Waals surface area contributed by atoms with Crippen molar-refractivity contribution in [1.29, 1.82) is 0 Å².